The lowest BCUT2D eigenvalue weighted by Gasteiger charge is -2.24. The van der Waals surface area contributed by atoms with E-state index in [1.165, 1.54) is 16.7 Å². The van der Waals surface area contributed by atoms with Crippen LogP contribution in [-0.4, -0.2) is 19.7 Å². The summed E-state index contributed by atoms with van der Waals surface area (Å²) in [5, 5.41) is 0. The van der Waals surface area contributed by atoms with Crippen molar-refractivity contribution in [2.24, 2.45) is 17.4 Å². The van der Waals surface area contributed by atoms with Crippen LogP contribution in [0.3, 0.4) is 0 Å². The van der Waals surface area contributed by atoms with Gasteiger partial charge in [0.25, 0.3) is 0 Å². The molecule has 1 rings (SSSR count). The van der Waals surface area contributed by atoms with Gasteiger partial charge in [0.2, 0.25) is 0 Å². The van der Waals surface area contributed by atoms with Crippen LogP contribution >= 0.6 is 0 Å². The average molecular weight is 292 g/mol. The second-order valence-electron chi connectivity index (χ2n) is 5.93. The molecule has 0 aliphatic rings. The summed E-state index contributed by atoms with van der Waals surface area (Å²) in [6, 6.07) is 4.35. The number of benzene rings is 1. The lowest BCUT2D eigenvalue weighted by Crippen LogP contribution is -2.25. The Morgan fingerprint density at radius 2 is 1.71 bits per heavy atom. The molecule has 1 unspecified atom stereocenters. The minimum absolute atomic E-state index is 0.408. The molecule has 0 aliphatic carbocycles. The second-order valence-corrected chi connectivity index (χ2v) is 5.93. The number of hydrogen-bond donors (Lipinski definition) is 2. The van der Waals surface area contributed by atoms with E-state index in [0.717, 1.165) is 31.6 Å². The van der Waals surface area contributed by atoms with E-state index in [1.54, 1.807) is 0 Å². The molecule has 0 saturated heterocycles. The first-order chi connectivity index (χ1) is 10.1. The Hall–Kier alpha value is -1.06. The zero-order chi connectivity index (χ0) is 15.8. The molecule has 1 aromatic rings. The lowest BCUT2D eigenvalue weighted by molar-refractivity contribution is 0.315. The van der Waals surface area contributed by atoms with E-state index in [1.807, 2.05) is 0 Å². The summed E-state index contributed by atoms with van der Waals surface area (Å²) in [5.74, 6) is 1.95. The van der Waals surface area contributed by atoms with Gasteiger partial charge >= 0.3 is 0 Å². The van der Waals surface area contributed by atoms with Crippen LogP contribution in [0.1, 0.15) is 55.7 Å². The third-order valence-electron chi connectivity index (χ3n) is 4.46. The van der Waals surface area contributed by atoms with Crippen LogP contribution in [0.15, 0.2) is 12.1 Å². The van der Waals surface area contributed by atoms with Crippen molar-refractivity contribution in [1.82, 2.24) is 0 Å². The van der Waals surface area contributed by atoms with E-state index >= 15 is 0 Å². The molecule has 1 atom stereocenters. The maximum Gasteiger partial charge on any atom is 0.122 e. The molecule has 4 N–H and O–H groups in total. The van der Waals surface area contributed by atoms with Gasteiger partial charge in [0.1, 0.15) is 5.75 Å². The molecule has 1 aromatic carbocycles. The van der Waals surface area contributed by atoms with Crippen LogP contribution in [0.2, 0.25) is 0 Å². The number of hydrogen-bond acceptors (Lipinski definition) is 3. The first-order valence-corrected chi connectivity index (χ1v) is 8.21. The summed E-state index contributed by atoms with van der Waals surface area (Å²) >= 11 is 0. The maximum atomic E-state index is 5.82. The molecule has 0 spiro atoms. The van der Waals surface area contributed by atoms with E-state index in [4.69, 9.17) is 16.2 Å². The molecular weight excluding hydrogens is 260 g/mol. The summed E-state index contributed by atoms with van der Waals surface area (Å²) < 4.78 is 5.82. The maximum absolute atomic E-state index is 5.82. The minimum atomic E-state index is 0.408. The predicted molar refractivity (Wildman–Crippen MR) is 90.9 cm³/mol. The third-order valence-corrected chi connectivity index (χ3v) is 4.46. The quantitative estimate of drug-likeness (QED) is 0.732. The smallest absolute Gasteiger partial charge is 0.122 e. The van der Waals surface area contributed by atoms with Crippen molar-refractivity contribution in [3.05, 3.63) is 28.8 Å². The summed E-state index contributed by atoms with van der Waals surface area (Å²) in [5.41, 5.74) is 15.7. The Morgan fingerprint density at radius 3 is 2.24 bits per heavy atom. The van der Waals surface area contributed by atoms with Gasteiger partial charge < -0.3 is 16.2 Å². The molecule has 120 valence electrons. The van der Waals surface area contributed by atoms with E-state index < -0.39 is 0 Å². The Morgan fingerprint density at radius 1 is 1.05 bits per heavy atom. The molecule has 0 bridgehead atoms. The molecule has 21 heavy (non-hydrogen) atoms. The molecule has 3 heteroatoms. The Bertz CT molecular complexity index is 427. The van der Waals surface area contributed by atoms with Crippen molar-refractivity contribution in [3.8, 4) is 5.75 Å². The minimum Gasteiger partial charge on any atom is -0.493 e. The van der Waals surface area contributed by atoms with Gasteiger partial charge in [-0.1, -0.05) is 19.9 Å². The first kappa shape index (κ1) is 18.0. The number of nitrogens with two attached hydrogens (primary N) is 2. The molecule has 0 aromatic heterocycles. The Labute approximate surface area is 130 Å². The van der Waals surface area contributed by atoms with Crippen LogP contribution in [0.5, 0.6) is 5.75 Å². The zero-order valence-corrected chi connectivity index (χ0v) is 14.1. The SMILES string of the molecule is CCCOc1ccc(C(CC)CC(CN)CN)c(C)c1C. The highest BCUT2D eigenvalue weighted by Gasteiger charge is 2.18. The monoisotopic (exact) mass is 292 g/mol. The van der Waals surface area contributed by atoms with Gasteiger partial charge in [-0.3, -0.25) is 0 Å². The van der Waals surface area contributed by atoms with E-state index in [0.29, 0.717) is 24.9 Å². The van der Waals surface area contributed by atoms with Crippen molar-refractivity contribution in [2.75, 3.05) is 19.7 Å². The number of ether oxygens (including phenoxy) is 1. The fourth-order valence-corrected chi connectivity index (χ4v) is 2.83. The van der Waals surface area contributed by atoms with Gasteiger partial charge in [0.05, 0.1) is 6.61 Å². The first-order valence-electron chi connectivity index (χ1n) is 8.21. The van der Waals surface area contributed by atoms with E-state index in [-0.39, 0.29) is 0 Å². The summed E-state index contributed by atoms with van der Waals surface area (Å²) in [4.78, 5) is 0. The van der Waals surface area contributed by atoms with Crippen molar-refractivity contribution in [3.63, 3.8) is 0 Å². The Kier molecular flexibility index (Phi) is 7.76. The van der Waals surface area contributed by atoms with Gasteiger partial charge in [0, 0.05) is 0 Å². The van der Waals surface area contributed by atoms with Gasteiger partial charge in [-0.25, -0.2) is 0 Å². The van der Waals surface area contributed by atoms with Crippen LogP contribution in [0, 0.1) is 19.8 Å². The fraction of sp³-hybridized carbons (Fsp3) is 0.667. The van der Waals surface area contributed by atoms with Crippen LogP contribution in [-0.2, 0) is 0 Å². The molecule has 0 amide bonds. The van der Waals surface area contributed by atoms with Gasteiger partial charge in [-0.15, -0.1) is 0 Å². The van der Waals surface area contributed by atoms with Crippen LogP contribution in [0.4, 0.5) is 0 Å². The summed E-state index contributed by atoms with van der Waals surface area (Å²) in [7, 11) is 0. The average Bonchev–Trinajstić information content (AvgIpc) is 2.51. The lowest BCUT2D eigenvalue weighted by atomic mass is 9.83. The highest BCUT2D eigenvalue weighted by atomic mass is 16.5. The van der Waals surface area contributed by atoms with Crippen LogP contribution < -0.4 is 16.2 Å². The number of rotatable bonds is 9. The van der Waals surface area contributed by atoms with Crippen molar-refractivity contribution < 1.29 is 4.74 Å². The van der Waals surface area contributed by atoms with Crippen molar-refractivity contribution >= 4 is 0 Å². The molecule has 0 fully saturated rings. The molecule has 0 saturated carbocycles. The zero-order valence-electron chi connectivity index (χ0n) is 14.1. The molecule has 0 heterocycles. The van der Waals surface area contributed by atoms with Gasteiger partial charge in [-0.05, 0) is 80.8 Å². The molecule has 0 radical (unpaired) electrons. The second kappa shape index (κ2) is 9.06. The topological polar surface area (TPSA) is 61.3 Å². The van der Waals surface area contributed by atoms with Gasteiger partial charge in [0.15, 0.2) is 0 Å². The molecular formula is C18H32N2O. The third kappa shape index (κ3) is 4.72. The standard InChI is InChI=1S/C18H32N2O/c1-5-9-21-18-8-7-17(13(3)14(18)4)16(6-2)10-15(11-19)12-20/h7-8,15-16H,5-6,9-12,19-20H2,1-4H3. The molecule has 3 nitrogen and oxygen atoms in total. The largest absolute Gasteiger partial charge is 0.493 e. The molecule has 0 aliphatic heterocycles. The Balaban J connectivity index is 2.97. The predicted octanol–water partition coefficient (Wildman–Crippen LogP) is 3.51. The van der Waals surface area contributed by atoms with Gasteiger partial charge in [-0.2, -0.15) is 0 Å². The van der Waals surface area contributed by atoms with E-state index in [2.05, 4.69) is 39.8 Å². The summed E-state index contributed by atoms with van der Waals surface area (Å²) in [6.45, 7) is 10.8. The normalized spacial score (nSPS) is 12.7. The highest BCUT2D eigenvalue weighted by Crippen LogP contribution is 2.33. The van der Waals surface area contributed by atoms with Crippen molar-refractivity contribution in [2.45, 2.75) is 52.9 Å². The summed E-state index contributed by atoms with van der Waals surface area (Å²) in [6.07, 6.45) is 3.22. The van der Waals surface area contributed by atoms with Crippen LogP contribution in [0.25, 0.3) is 0 Å². The van der Waals surface area contributed by atoms with Crippen molar-refractivity contribution in [1.29, 1.82) is 0 Å². The van der Waals surface area contributed by atoms with E-state index in [9.17, 15) is 0 Å². The fourth-order valence-electron chi connectivity index (χ4n) is 2.83. The highest BCUT2D eigenvalue weighted by molar-refractivity contribution is 5.45.